The molecule has 1 aliphatic carbocycles. The number of hydrogen-bond donors (Lipinski definition) is 0. The zero-order chi connectivity index (χ0) is 35.5. The first-order chi connectivity index (χ1) is 24.1. The van der Waals surface area contributed by atoms with E-state index < -0.39 is 0 Å². The van der Waals surface area contributed by atoms with Crippen molar-refractivity contribution < 1.29 is 9.53 Å². The zero-order valence-corrected chi connectivity index (χ0v) is 33.6. The molecule has 0 aliphatic heterocycles. The third kappa shape index (κ3) is 28.0. The Kier molecular flexibility index (Phi) is 32.7. The number of hydrogen-bond acceptors (Lipinski definition) is 3. The lowest BCUT2D eigenvalue weighted by atomic mass is 9.84. The van der Waals surface area contributed by atoms with Gasteiger partial charge in [-0.05, 0) is 110 Å². The van der Waals surface area contributed by atoms with Gasteiger partial charge >= 0.3 is 5.97 Å². The largest absolute Gasteiger partial charge is 0.462 e. The Labute approximate surface area is 307 Å². The first-order valence-corrected chi connectivity index (χ1v) is 21.9. The van der Waals surface area contributed by atoms with E-state index >= 15 is 0 Å². The Morgan fingerprint density at radius 2 is 0.939 bits per heavy atom. The molecule has 0 heterocycles. The van der Waals surface area contributed by atoms with Crippen LogP contribution in [0.4, 0.5) is 0 Å². The third-order valence-corrected chi connectivity index (χ3v) is 10.7. The summed E-state index contributed by atoms with van der Waals surface area (Å²) in [5.74, 6) is 0.148. The van der Waals surface area contributed by atoms with E-state index in [0.717, 1.165) is 38.5 Å². The maximum atomic E-state index is 13.4. The topological polar surface area (TPSA) is 29.5 Å². The number of allylic oxidation sites excluding steroid dienone is 6. The number of ether oxygens (including phenoxy) is 1. The molecule has 0 aromatic carbocycles. The Balaban J connectivity index is 2.25. The molecule has 286 valence electrons. The van der Waals surface area contributed by atoms with Crippen molar-refractivity contribution in [2.45, 2.75) is 231 Å². The van der Waals surface area contributed by atoms with Gasteiger partial charge in [0.05, 0.1) is 5.92 Å². The highest BCUT2D eigenvalue weighted by Crippen LogP contribution is 2.30. The summed E-state index contributed by atoms with van der Waals surface area (Å²) >= 11 is 0. The summed E-state index contributed by atoms with van der Waals surface area (Å²) in [4.78, 5) is 15.7. The van der Waals surface area contributed by atoms with Gasteiger partial charge in [0, 0.05) is 6.04 Å². The van der Waals surface area contributed by atoms with E-state index in [0.29, 0.717) is 6.04 Å². The van der Waals surface area contributed by atoms with E-state index in [1.807, 2.05) is 0 Å². The lowest BCUT2D eigenvalue weighted by Gasteiger charge is -2.35. The maximum Gasteiger partial charge on any atom is 0.310 e. The molecule has 0 amide bonds. The van der Waals surface area contributed by atoms with E-state index in [9.17, 15) is 4.79 Å². The van der Waals surface area contributed by atoms with Crippen LogP contribution in [0.2, 0.25) is 0 Å². The van der Waals surface area contributed by atoms with Gasteiger partial charge in [-0.1, -0.05) is 159 Å². The summed E-state index contributed by atoms with van der Waals surface area (Å²) in [6.07, 6.45) is 54.9. The van der Waals surface area contributed by atoms with E-state index in [1.54, 1.807) is 0 Å². The molecular formula is C46H85NO2. The van der Waals surface area contributed by atoms with Gasteiger partial charge in [0.2, 0.25) is 0 Å². The van der Waals surface area contributed by atoms with E-state index in [4.69, 9.17) is 4.74 Å². The second-order valence-corrected chi connectivity index (χ2v) is 15.6. The summed E-state index contributed by atoms with van der Waals surface area (Å²) in [6.45, 7) is 4.55. The predicted octanol–water partition coefficient (Wildman–Crippen LogP) is 14.6. The van der Waals surface area contributed by atoms with Gasteiger partial charge in [-0.2, -0.15) is 0 Å². The van der Waals surface area contributed by atoms with Crippen molar-refractivity contribution in [2.75, 3.05) is 14.1 Å². The molecule has 3 nitrogen and oxygen atoms in total. The van der Waals surface area contributed by atoms with Crippen LogP contribution >= 0.6 is 0 Å². The Hall–Kier alpha value is -1.35. The number of esters is 1. The van der Waals surface area contributed by atoms with Crippen LogP contribution in [0.1, 0.15) is 219 Å². The monoisotopic (exact) mass is 684 g/mol. The molecule has 3 atom stereocenters. The fourth-order valence-electron chi connectivity index (χ4n) is 7.50. The lowest BCUT2D eigenvalue weighted by molar-refractivity contribution is -0.158. The minimum atomic E-state index is 0.0574. The lowest BCUT2D eigenvalue weighted by Crippen LogP contribution is -2.43. The van der Waals surface area contributed by atoms with Crippen LogP contribution < -0.4 is 0 Å². The van der Waals surface area contributed by atoms with Gasteiger partial charge in [0.1, 0.15) is 6.10 Å². The quantitative estimate of drug-likeness (QED) is 0.0384. The first kappa shape index (κ1) is 45.7. The van der Waals surface area contributed by atoms with Crippen LogP contribution in [0, 0.1) is 5.92 Å². The third-order valence-electron chi connectivity index (χ3n) is 10.7. The molecule has 1 aliphatic rings. The molecule has 0 spiro atoms. The van der Waals surface area contributed by atoms with Crippen LogP contribution in [0.25, 0.3) is 0 Å². The van der Waals surface area contributed by atoms with Gasteiger partial charge in [0.15, 0.2) is 0 Å². The second kappa shape index (κ2) is 35.1. The second-order valence-electron chi connectivity index (χ2n) is 15.6. The average Bonchev–Trinajstić information content (AvgIpc) is 3.11. The van der Waals surface area contributed by atoms with Crippen molar-refractivity contribution in [3.8, 4) is 0 Å². The van der Waals surface area contributed by atoms with Gasteiger partial charge in [-0.15, -0.1) is 0 Å². The fourth-order valence-corrected chi connectivity index (χ4v) is 7.50. The Morgan fingerprint density at radius 3 is 1.43 bits per heavy atom. The van der Waals surface area contributed by atoms with Crippen molar-refractivity contribution in [1.29, 1.82) is 0 Å². The maximum absolute atomic E-state index is 13.4. The molecule has 1 fully saturated rings. The molecule has 0 aromatic heterocycles. The molecule has 0 saturated heterocycles. The Bertz CT molecular complexity index is 799. The van der Waals surface area contributed by atoms with Crippen molar-refractivity contribution in [3.63, 3.8) is 0 Å². The van der Waals surface area contributed by atoms with Crippen molar-refractivity contribution in [1.82, 2.24) is 4.90 Å². The summed E-state index contributed by atoms with van der Waals surface area (Å²) in [5.41, 5.74) is 0. The van der Waals surface area contributed by atoms with Crippen molar-refractivity contribution in [3.05, 3.63) is 36.5 Å². The molecule has 0 bridgehead atoms. The van der Waals surface area contributed by atoms with Crippen LogP contribution in [-0.2, 0) is 9.53 Å². The number of rotatable bonds is 34. The minimum absolute atomic E-state index is 0.0574. The molecule has 0 radical (unpaired) electrons. The number of unbranched alkanes of at least 4 members (excludes halogenated alkanes) is 21. The minimum Gasteiger partial charge on any atom is -0.462 e. The normalized spacial score (nSPS) is 17.7. The molecule has 49 heavy (non-hydrogen) atoms. The van der Waals surface area contributed by atoms with E-state index in [1.165, 1.54) is 167 Å². The van der Waals surface area contributed by atoms with Crippen molar-refractivity contribution >= 4 is 5.97 Å². The molecule has 1 saturated carbocycles. The molecule has 3 heteroatoms. The van der Waals surface area contributed by atoms with Gasteiger partial charge in [-0.3, -0.25) is 4.79 Å². The van der Waals surface area contributed by atoms with E-state index in [-0.39, 0.29) is 18.0 Å². The zero-order valence-electron chi connectivity index (χ0n) is 33.6. The Morgan fingerprint density at radius 1 is 0.551 bits per heavy atom. The smallest absolute Gasteiger partial charge is 0.310 e. The molecular weight excluding hydrogens is 599 g/mol. The van der Waals surface area contributed by atoms with Crippen LogP contribution in [0.5, 0.6) is 0 Å². The van der Waals surface area contributed by atoms with Gasteiger partial charge in [-0.25, -0.2) is 0 Å². The number of nitrogens with zero attached hydrogens (tertiary/aromatic N) is 1. The number of carbonyl (C=O) groups excluding carboxylic acids is 1. The van der Waals surface area contributed by atoms with Crippen LogP contribution in [0.3, 0.4) is 0 Å². The average molecular weight is 684 g/mol. The van der Waals surface area contributed by atoms with Crippen molar-refractivity contribution in [2.24, 2.45) is 5.92 Å². The highest BCUT2D eigenvalue weighted by atomic mass is 16.5. The SMILES string of the molecule is CCCCC/C=C\C/C=C\CCCCCCCCC(CCCCCCCC/C=C\CCCCCCCC)OC(=O)C1CCCCC1N(C)C. The summed E-state index contributed by atoms with van der Waals surface area (Å²) in [6, 6.07) is 0.342. The number of carbonyl (C=O) groups is 1. The fraction of sp³-hybridized carbons (Fsp3) is 0.848. The highest BCUT2D eigenvalue weighted by Gasteiger charge is 2.34. The van der Waals surface area contributed by atoms with E-state index in [2.05, 4.69) is 69.3 Å². The molecule has 0 N–H and O–H groups in total. The standard InChI is InChI=1S/C46H85NO2/c1-5-7-9-11-13-15-17-19-21-23-25-27-29-31-33-35-39-43(49-46(48)44-41-37-38-42-45(44)47(3)4)40-36-34-32-30-28-26-24-22-20-18-16-14-12-10-8-6-2/h13,15,19-22,43-45H,5-12,14,16-18,23-42H2,1-4H3/b15-13-,21-19-,22-20-. The summed E-state index contributed by atoms with van der Waals surface area (Å²) in [5, 5.41) is 0. The van der Waals surface area contributed by atoms with Gasteiger partial charge < -0.3 is 9.64 Å². The first-order valence-electron chi connectivity index (χ1n) is 21.9. The summed E-state index contributed by atoms with van der Waals surface area (Å²) in [7, 11) is 4.26. The highest BCUT2D eigenvalue weighted by molar-refractivity contribution is 5.73. The summed E-state index contributed by atoms with van der Waals surface area (Å²) < 4.78 is 6.33. The van der Waals surface area contributed by atoms with Gasteiger partial charge in [0.25, 0.3) is 0 Å². The predicted molar refractivity (Wildman–Crippen MR) is 217 cm³/mol. The molecule has 3 unspecified atom stereocenters. The molecule has 0 aromatic rings. The molecule has 1 rings (SSSR count). The van der Waals surface area contributed by atoms with Crippen LogP contribution in [-0.4, -0.2) is 37.1 Å². The van der Waals surface area contributed by atoms with Crippen LogP contribution in [0.15, 0.2) is 36.5 Å².